The van der Waals surface area contributed by atoms with Gasteiger partial charge in [-0.05, 0) is 42.8 Å². The first-order chi connectivity index (χ1) is 11.2. The highest BCUT2D eigenvalue weighted by Crippen LogP contribution is 2.24. The summed E-state index contributed by atoms with van der Waals surface area (Å²) in [6, 6.07) is 15.2. The van der Waals surface area contributed by atoms with Crippen LogP contribution in [0.4, 0.5) is 0 Å². The number of ether oxygens (including phenoxy) is 1. The lowest BCUT2D eigenvalue weighted by Crippen LogP contribution is -2.01. The predicted octanol–water partition coefficient (Wildman–Crippen LogP) is 4.87. The normalized spacial score (nSPS) is 10.7. The van der Waals surface area contributed by atoms with Crippen molar-refractivity contribution in [3.8, 4) is 17.2 Å². The number of nitrogens with zero attached hydrogens (tertiary/aromatic N) is 2. The van der Waals surface area contributed by atoms with E-state index in [0.717, 1.165) is 22.6 Å². The van der Waals surface area contributed by atoms with Gasteiger partial charge in [-0.25, -0.2) is 0 Å². The molecule has 0 N–H and O–H groups in total. The zero-order chi connectivity index (χ0) is 16.1. The van der Waals surface area contributed by atoms with Crippen LogP contribution >= 0.6 is 23.4 Å². The van der Waals surface area contributed by atoms with E-state index in [0.29, 0.717) is 22.7 Å². The Kier molecular flexibility index (Phi) is 5.20. The number of aromatic nitrogens is 2. The maximum Gasteiger partial charge on any atom is 0.276 e. The third kappa shape index (κ3) is 4.27. The molecule has 0 unspecified atom stereocenters. The van der Waals surface area contributed by atoms with Gasteiger partial charge in [0, 0.05) is 16.3 Å². The van der Waals surface area contributed by atoms with Crippen LogP contribution in [0, 0.1) is 6.92 Å². The molecule has 0 radical (unpaired) electrons. The molecule has 1 heterocycles. The molecule has 0 saturated carbocycles. The van der Waals surface area contributed by atoms with Crippen LogP contribution in [0.2, 0.25) is 5.02 Å². The van der Waals surface area contributed by atoms with Crippen LogP contribution in [0.5, 0.6) is 5.75 Å². The van der Waals surface area contributed by atoms with Crippen LogP contribution in [0.25, 0.3) is 11.5 Å². The second-order valence-electron chi connectivity index (χ2n) is 4.84. The molecule has 3 aromatic rings. The highest BCUT2D eigenvalue weighted by molar-refractivity contribution is 7.99. The molecule has 2 aromatic carbocycles. The van der Waals surface area contributed by atoms with Gasteiger partial charge in [0.15, 0.2) is 0 Å². The van der Waals surface area contributed by atoms with Crippen molar-refractivity contribution in [2.24, 2.45) is 0 Å². The van der Waals surface area contributed by atoms with Gasteiger partial charge in [0.05, 0.1) is 6.61 Å². The summed E-state index contributed by atoms with van der Waals surface area (Å²) in [4.78, 5) is 0. The molecular weight excluding hydrogens is 332 g/mol. The monoisotopic (exact) mass is 346 g/mol. The van der Waals surface area contributed by atoms with E-state index in [1.54, 1.807) is 12.1 Å². The van der Waals surface area contributed by atoms with Crippen molar-refractivity contribution < 1.29 is 9.15 Å². The fraction of sp³-hybridized carbons (Fsp3) is 0.176. The smallest absolute Gasteiger partial charge is 0.276 e. The molecule has 0 spiro atoms. The molecule has 0 aliphatic rings. The number of hydrogen-bond acceptors (Lipinski definition) is 5. The average molecular weight is 347 g/mol. The molecule has 0 bridgehead atoms. The Morgan fingerprint density at radius 1 is 1.09 bits per heavy atom. The first-order valence-corrected chi connectivity index (χ1v) is 8.49. The van der Waals surface area contributed by atoms with Gasteiger partial charge in [0.25, 0.3) is 5.22 Å². The zero-order valence-electron chi connectivity index (χ0n) is 12.5. The highest BCUT2D eigenvalue weighted by atomic mass is 35.5. The summed E-state index contributed by atoms with van der Waals surface area (Å²) in [5.74, 6) is 2.13. The Labute approximate surface area is 143 Å². The lowest BCUT2D eigenvalue weighted by molar-refractivity contribution is 0.341. The van der Waals surface area contributed by atoms with E-state index in [2.05, 4.69) is 10.2 Å². The Hall–Kier alpha value is -1.98. The Morgan fingerprint density at radius 3 is 2.65 bits per heavy atom. The molecule has 0 aliphatic carbocycles. The highest BCUT2D eigenvalue weighted by Gasteiger charge is 2.09. The molecule has 1 aromatic heterocycles. The first-order valence-electron chi connectivity index (χ1n) is 7.13. The second-order valence-corrected chi connectivity index (χ2v) is 6.33. The lowest BCUT2D eigenvalue weighted by atomic mass is 10.2. The van der Waals surface area contributed by atoms with E-state index in [1.807, 2.05) is 43.3 Å². The van der Waals surface area contributed by atoms with Gasteiger partial charge in [-0.15, -0.1) is 10.2 Å². The quantitative estimate of drug-likeness (QED) is 0.470. The van der Waals surface area contributed by atoms with E-state index < -0.39 is 0 Å². The second kappa shape index (κ2) is 7.53. The minimum Gasteiger partial charge on any atom is -0.492 e. The van der Waals surface area contributed by atoms with Crippen molar-refractivity contribution in [1.82, 2.24) is 10.2 Å². The van der Waals surface area contributed by atoms with Crippen LogP contribution in [0.1, 0.15) is 5.56 Å². The molecule has 0 saturated heterocycles. The van der Waals surface area contributed by atoms with Gasteiger partial charge >= 0.3 is 0 Å². The predicted molar refractivity (Wildman–Crippen MR) is 92.1 cm³/mol. The summed E-state index contributed by atoms with van der Waals surface area (Å²) < 4.78 is 11.4. The molecule has 118 valence electrons. The molecule has 6 heteroatoms. The Balaban J connectivity index is 1.52. The third-order valence-electron chi connectivity index (χ3n) is 3.16. The zero-order valence-corrected chi connectivity index (χ0v) is 14.1. The van der Waals surface area contributed by atoms with Crippen molar-refractivity contribution in [2.45, 2.75) is 12.1 Å². The largest absolute Gasteiger partial charge is 0.492 e. The van der Waals surface area contributed by atoms with Gasteiger partial charge in [-0.1, -0.05) is 41.6 Å². The van der Waals surface area contributed by atoms with Gasteiger partial charge in [0.2, 0.25) is 5.89 Å². The SMILES string of the molecule is Cc1ccccc1OCCSc1nnc(-c2ccc(Cl)cc2)o1. The Morgan fingerprint density at radius 2 is 1.87 bits per heavy atom. The fourth-order valence-corrected chi connectivity index (χ4v) is 2.68. The van der Waals surface area contributed by atoms with Crippen LogP contribution in [0.3, 0.4) is 0 Å². The number of benzene rings is 2. The van der Waals surface area contributed by atoms with Crippen LogP contribution in [-0.2, 0) is 0 Å². The van der Waals surface area contributed by atoms with Crippen molar-refractivity contribution >= 4 is 23.4 Å². The summed E-state index contributed by atoms with van der Waals surface area (Å²) in [5.41, 5.74) is 1.98. The van der Waals surface area contributed by atoms with Crippen molar-refractivity contribution in [3.05, 3.63) is 59.1 Å². The van der Waals surface area contributed by atoms with Crippen molar-refractivity contribution in [2.75, 3.05) is 12.4 Å². The average Bonchev–Trinajstić information content (AvgIpc) is 3.03. The van der Waals surface area contributed by atoms with E-state index >= 15 is 0 Å². The summed E-state index contributed by atoms with van der Waals surface area (Å²) >= 11 is 7.34. The number of para-hydroxylation sites is 1. The number of hydrogen-bond donors (Lipinski definition) is 0. The van der Waals surface area contributed by atoms with Crippen LogP contribution in [0.15, 0.2) is 58.2 Å². The van der Waals surface area contributed by atoms with Crippen molar-refractivity contribution in [3.63, 3.8) is 0 Å². The summed E-state index contributed by atoms with van der Waals surface area (Å²) in [6.45, 7) is 2.60. The van der Waals surface area contributed by atoms with E-state index in [9.17, 15) is 0 Å². The number of thioether (sulfide) groups is 1. The minimum absolute atomic E-state index is 0.490. The maximum absolute atomic E-state index is 5.87. The van der Waals surface area contributed by atoms with Gasteiger partial charge < -0.3 is 9.15 Å². The van der Waals surface area contributed by atoms with E-state index in [4.69, 9.17) is 20.8 Å². The molecule has 0 aliphatic heterocycles. The topological polar surface area (TPSA) is 48.2 Å². The molecule has 4 nitrogen and oxygen atoms in total. The summed E-state index contributed by atoms with van der Waals surface area (Å²) in [6.07, 6.45) is 0. The molecule has 0 fully saturated rings. The number of halogens is 1. The first kappa shape index (κ1) is 15.9. The molecule has 0 atom stereocenters. The minimum atomic E-state index is 0.490. The van der Waals surface area contributed by atoms with Gasteiger partial charge in [0.1, 0.15) is 5.75 Å². The molecule has 23 heavy (non-hydrogen) atoms. The van der Waals surface area contributed by atoms with E-state index in [1.165, 1.54) is 11.8 Å². The standard InChI is InChI=1S/C17H15ClN2O2S/c1-12-4-2-3-5-15(12)21-10-11-23-17-20-19-16(22-17)13-6-8-14(18)9-7-13/h2-9H,10-11H2,1H3. The molecule has 3 rings (SSSR count). The van der Waals surface area contributed by atoms with E-state index in [-0.39, 0.29) is 0 Å². The maximum atomic E-state index is 5.87. The third-order valence-corrected chi connectivity index (χ3v) is 4.19. The Bertz CT molecular complexity index is 774. The summed E-state index contributed by atoms with van der Waals surface area (Å²) in [7, 11) is 0. The van der Waals surface area contributed by atoms with Crippen LogP contribution < -0.4 is 4.74 Å². The lowest BCUT2D eigenvalue weighted by Gasteiger charge is -2.07. The van der Waals surface area contributed by atoms with Crippen molar-refractivity contribution in [1.29, 1.82) is 0 Å². The van der Waals surface area contributed by atoms with Gasteiger partial charge in [-0.3, -0.25) is 0 Å². The molecule has 0 amide bonds. The fourth-order valence-electron chi connectivity index (χ4n) is 1.98. The summed E-state index contributed by atoms with van der Waals surface area (Å²) in [5, 5.41) is 9.29. The number of rotatable bonds is 6. The van der Waals surface area contributed by atoms with Gasteiger partial charge in [-0.2, -0.15) is 0 Å². The number of aryl methyl sites for hydroxylation is 1. The van der Waals surface area contributed by atoms with Crippen LogP contribution in [-0.4, -0.2) is 22.6 Å². The molecular formula is C17H15ClN2O2S.